The van der Waals surface area contributed by atoms with Crippen LogP contribution in [-0.4, -0.2) is 31.8 Å². The zero-order valence-corrected chi connectivity index (χ0v) is 7.38. The van der Waals surface area contributed by atoms with Crippen LogP contribution in [0.2, 0.25) is 0 Å². The molecule has 0 saturated heterocycles. The highest BCUT2D eigenvalue weighted by Gasteiger charge is 2.06. The average molecular weight is 203 g/mol. The van der Waals surface area contributed by atoms with Gasteiger partial charge in [0.1, 0.15) is 11.4 Å². The molecule has 2 rings (SSSR count). The number of H-pyrrole nitrogens is 1. The van der Waals surface area contributed by atoms with Gasteiger partial charge in [-0.15, -0.1) is 10.2 Å². The van der Waals surface area contributed by atoms with Crippen LogP contribution in [-0.2, 0) is 4.79 Å². The predicted octanol–water partition coefficient (Wildman–Crippen LogP) is 0.540. The molecule has 7 heteroatoms. The Morgan fingerprint density at radius 1 is 1.47 bits per heavy atom. The number of nitrogens with one attached hydrogen (secondary N) is 1. The monoisotopic (exact) mass is 203 g/mol. The Bertz CT molecular complexity index is 516. The number of benzene rings is 1. The van der Waals surface area contributed by atoms with Gasteiger partial charge in [0, 0.05) is 5.56 Å². The molecule has 1 heterocycles. The third-order valence-electron chi connectivity index (χ3n) is 1.75. The summed E-state index contributed by atoms with van der Waals surface area (Å²) in [7, 11) is 0. The summed E-state index contributed by atoms with van der Waals surface area (Å²) in [5.74, 6) is 0.253. The highest BCUT2D eigenvalue weighted by Crippen LogP contribution is 2.29. The number of phenolic OH excluding ortho intramolecular Hbond substituents is 1. The van der Waals surface area contributed by atoms with E-state index >= 15 is 0 Å². The Morgan fingerprint density at radius 3 is 3.00 bits per heavy atom. The van der Waals surface area contributed by atoms with Gasteiger partial charge in [-0.1, -0.05) is 0 Å². The summed E-state index contributed by atoms with van der Waals surface area (Å²) < 4.78 is 0. The summed E-state index contributed by atoms with van der Waals surface area (Å²) >= 11 is 0. The van der Waals surface area contributed by atoms with Crippen LogP contribution < -0.4 is 0 Å². The first-order valence-corrected chi connectivity index (χ1v) is 3.96. The molecule has 7 nitrogen and oxygen atoms in total. The Morgan fingerprint density at radius 2 is 2.33 bits per heavy atom. The molecule has 0 fully saturated rings. The van der Waals surface area contributed by atoms with E-state index in [1.807, 2.05) is 0 Å². The van der Waals surface area contributed by atoms with Crippen LogP contribution in [0.1, 0.15) is 0 Å². The molecule has 0 spiro atoms. The van der Waals surface area contributed by atoms with Crippen molar-refractivity contribution in [1.29, 1.82) is 0 Å². The fourth-order valence-corrected chi connectivity index (χ4v) is 1.09. The van der Waals surface area contributed by atoms with Crippen molar-refractivity contribution >= 4 is 11.8 Å². The van der Waals surface area contributed by atoms with E-state index in [0.717, 1.165) is 0 Å². The number of hydrogen-bond acceptors (Lipinski definition) is 6. The second-order valence-electron chi connectivity index (χ2n) is 2.64. The van der Waals surface area contributed by atoms with Crippen LogP contribution in [0.15, 0.2) is 23.2 Å². The maximum absolute atomic E-state index is 10.1. The molecule has 0 aliphatic rings. The molecule has 0 bridgehead atoms. The van der Waals surface area contributed by atoms with E-state index in [-0.39, 0.29) is 11.4 Å². The minimum Gasteiger partial charge on any atom is -0.506 e. The quantitative estimate of drug-likeness (QED) is 0.547. The fraction of sp³-hybridized carbons (Fsp3) is 0. The standard InChI is InChI=1S/C8H5N5O2/c14-4-9-6-3-5(1-2-7(6)15)8-10-12-13-11-8/h1-3,15H,(H,10,11,12,13). The second-order valence-corrected chi connectivity index (χ2v) is 2.64. The molecule has 0 atom stereocenters. The van der Waals surface area contributed by atoms with Crippen LogP contribution in [0, 0.1) is 0 Å². The van der Waals surface area contributed by atoms with Gasteiger partial charge in [-0.3, -0.25) is 0 Å². The van der Waals surface area contributed by atoms with Gasteiger partial charge >= 0.3 is 0 Å². The van der Waals surface area contributed by atoms with Crippen molar-refractivity contribution < 1.29 is 9.90 Å². The topological polar surface area (TPSA) is 104 Å². The lowest BCUT2D eigenvalue weighted by molar-refractivity contribution is 0.476. The number of carbonyl (C=O) groups excluding carboxylic acids is 1. The Kier molecular flexibility index (Phi) is 2.22. The van der Waals surface area contributed by atoms with Crippen LogP contribution in [0.25, 0.3) is 11.4 Å². The lowest BCUT2D eigenvalue weighted by atomic mass is 10.2. The average Bonchev–Trinajstić information content (AvgIpc) is 2.75. The lowest BCUT2D eigenvalue weighted by Crippen LogP contribution is -1.80. The first-order valence-electron chi connectivity index (χ1n) is 3.96. The van der Waals surface area contributed by atoms with E-state index in [0.29, 0.717) is 11.4 Å². The Balaban J connectivity index is 2.52. The predicted molar refractivity (Wildman–Crippen MR) is 49.1 cm³/mol. The SMILES string of the molecule is O=C=Nc1cc(-c2nn[nH]n2)ccc1O. The van der Waals surface area contributed by atoms with Crippen LogP contribution in [0.5, 0.6) is 5.75 Å². The molecule has 1 aromatic carbocycles. The summed E-state index contributed by atoms with van der Waals surface area (Å²) in [6.07, 6.45) is 1.35. The third kappa shape index (κ3) is 1.72. The molecular weight excluding hydrogens is 198 g/mol. The molecular formula is C8H5N5O2. The van der Waals surface area contributed by atoms with E-state index in [1.165, 1.54) is 18.2 Å². The molecule has 2 N–H and O–H groups in total. The maximum Gasteiger partial charge on any atom is 0.240 e. The van der Waals surface area contributed by atoms with Crippen molar-refractivity contribution in [3.8, 4) is 17.1 Å². The molecule has 0 amide bonds. The molecule has 2 aromatic rings. The van der Waals surface area contributed by atoms with Crippen molar-refractivity contribution in [2.75, 3.05) is 0 Å². The summed E-state index contributed by atoms with van der Waals surface area (Å²) in [5.41, 5.74) is 0.711. The highest BCUT2D eigenvalue weighted by molar-refractivity contribution is 5.67. The van der Waals surface area contributed by atoms with Crippen LogP contribution in [0.3, 0.4) is 0 Å². The number of tetrazole rings is 1. The number of isocyanates is 1. The largest absolute Gasteiger partial charge is 0.506 e. The van der Waals surface area contributed by atoms with Gasteiger partial charge in [-0.05, 0) is 23.4 Å². The van der Waals surface area contributed by atoms with Gasteiger partial charge in [0.25, 0.3) is 0 Å². The molecule has 0 radical (unpaired) electrons. The van der Waals surface area contributed by atoms with Gasteiger partial charge in [0.05, 0.1) is 0 Å². The molecule has 15 heavy (non-hydrogen) atoms. The number of hydrogen-bond donors (Lipinski definition) is 2. The van der Waals surface area contributed by atoms with Crippen LogP contribution >= 0.6 is 0 Å². The number of nitrogens with zero attached hydrogens (tertiary/aromatic N) is 4. The van der Waals surface area contributed by atoms with Crippen molar-refractivity contribution in [2.24, 2.45) is 4.99 Å². The minimum absolute atomic E-state index is 0.106. The molecule has 1 aromatic heterocycles. The zero-order valence-electron chi connectivity index (χ0n) is 7.38. The first-order chi connectivity index (χ1) is 7.31. The normalized spacial score (nSPS) is 9.60. The molecule has 0 aliphatic carbocycles. The number of aromatic hydroxyl groups is 1. The van der Waals surface area contributed by atoms with E-state index in [2.05, 4.69) is 25.6 Å². The van der Waals surface area contributed by atoms with E-state index in [9.17, 15) is 9.90 Å². The molecule has 0 saturated carbocycles. The van der Waals surface area contributed by atoms with Crippen molar-refractivity contribution in [3.63, 3.8) is 0 Å². The number of aliphatic imine (C=N–C) groups is 1. The van der Waals surface area contributed by atoms with Crippen LogP contribution in [0.4, 0.5) is 5.69 Å². The summed E-state index contributed by atoms with van der Waals surface area (Å²) in [4.78, 5) is 13.4. The summed E-state index contributed by atoms with van der Waals surface area (Å²) in [6, 6.07) is 4.44. The van der Waals surface area contributed by atoms with E-state index in [1.54, 1.807) is 6.07 Å². The fourth-order valence-electron chi connectivity index (χ4n) is 1.09. The minimum atomic E-state index is -0.106. The molecule has 0 aliphatic heterocycles. The third-order valence-corrected chi connectivity index (χ3v) is 1.75. The first kappa shape index (κ1) is 9.04. The number of aromatic amines is 1. The summed E-state index contributed by atoms with van der Waals surface area (Å²) in [5, 5.41) is 22.5. The number of rotatable bonds is 2. The van der Waals surface area contributed by atoms with Gasteiger partial charge in [0.15, 0.2) is 0 Å². The number of aromatic nitrogens is 4. The van der Waals surface area contributed by atoms with Crippen molar-refractivity contribution in [1.82, 2.24) is 20.6 Å². The van der Waals surface area contributed by atoms with E-state index in [4.69, 9.17) is 0 Å². The van der Waals surface area contributed by atoms with Crippen molar-refractivity contribution in [3.05, 3.63) is 18.2 Å². The van der Waals surface area contributed by atoms with Gasteiger partial charge < -0.3 is 5.11 Å². The van der Waals surface area contributed by atoms with Gasteiger partial charge in [-0.25, -0.2) is 4.79 Å². The lowest BCUT2D eigenvalue weighted by Gasteiger charge is -1.98. The highest BCUT2D eigenvalue weighted by atomic mass is 16.3. The van der Waals surface area contributed by atoms with Crippen molar-refractivity contribution in [2.45, 2.75) is 0 Å². The Hall–Kier alpha value is -2.53. The Labute approximate surface area is 83.5 Å². The number of phenols is 1. The van der Waals surface area contributed by atoms with Gasteiger partial charge in [0.2, 0.25) is 11.9 Å². The maximum atomic E-state index is 10.1. The molecule has 0 unspecified atom stereocenters. The smallest absolute Gasteiger partial charge is 0.240 e. The second kappa shape index (κ2) is 3.69. The zero-order chi connectivity index (χ0) is 10.7. The van der Waals surface area contributed by atoms with Gasteiger partial charge in [-0.2, -0.15) is 10.2 Å². The summed E-state index contributed by atoms with van der Waals surface area (Å²) in [6.45, 7) is 0. The van der Waals surface area contributed by atoms with E-state index < -0.39 is 0 Å². The molecule has 74 valence electrons.